The van der Waals surface area contributed by atoms with Gasteiger partial charge in [-0.3, -0.25) is 0 Å². The molecule has 1 unspecified atom stereocenters. The van der Waals surface area contributed by atoms with E-state index in [9.17, 15) is 0 Å². The second kappa shape index (κ2) is 4.07. The number of allylic oxidation sites excluding steroid dienone is 1. The quantitative estimate of drug-likeness (QED) is 0.680. The molecule has 3 heteroatoms. The van der Waals surface area contributed by atoms with E-state index in [0.717, 1.165) is 6.42 Å². The first kappa shape index (κ1) is 9.00. The standard InChI is InChI=1S/C9H15N3/c1-3-8(2)12-7-11-6-9(12)4-5-10/h3,6-8H,1,4-5,10H2,2H3. The van der Waals surface area contributed by atoms with Crippen molar-refractivity contribution in [3.8, 4) is 0 Å². The number of aromatic nitrogens is 2. The highest BCUT2D eigenvalue weighted by Gasteiger charge is 2.04. The first-order chi connectivity index (χ1) is 5.79. The van der Waals surface area contributed by atoms with Crippen LogP contribution in [0.25, 0.3) is 0 Å². The number of imidazole rings is 1. The van der Waals surface area contributed by atoms with Gasteiger partial charge >= 0.3 is 0 Å². The minimum atomic E-state index is 0.300. The summed E-state index contributed by atoms with van der Waals surface area (Å²) in [5.74, 6) is 0. The van der Waals surface area contributed by atoms with Gasteiger partial charge in [-0.05, 0) is 13.5 Å². The van der Waals surface area contributed by atoms with Gasteiger partial charge in [0, 0.05) is 24.4 Å². The highest BCUT2D eigenvalue weighted by Crippen LogP contribution is 2.10. The van der Waals surface area contributed by atoms with E-state index in [1.165, 1.54) is 5.69 Å². The van der Waals surface area contributed by atoms with Gasteiger partial charge in [-0.2, -0.15) is 0 Å². The van der Waals surface area contributed by atoms with Gasteiger partial charge in [0.25, 0.3) is 0 Å². The Morgan fingerprint density at radius 1 is 1.83 bits per heavy atom. The summed E-state index contributed by atoms with van der Waals surface area (Å²) in [6.07, 6.45) is 6.43. The predicted molar refractivity (Wildman–Crippen MR) is 49.9 cm³/mol. The maximum absolute atomic E-state index is 5.46. The summed E-state index contributed by atoms with van der Waals surface area (Å²) in [5, 5.41) is 0. The van der Waals surface area contributed by atoms with Crippen molar-refractivity contribution in [1.82, 2.24) is 9.55 Å². The minimum absolute atomic E-state index is 0.300. The molecule has 1 rings (SSSR count). The molecule has 3 nitrogen and oxygen atoms in total. The molecule has 0 fully saturated rings. The van der Waals surface area contributed by atoms with Crippen molar-refractivity contribution in [1.29, 1.82) is 0 Å². The summed E-state index contributed by atoms with van der Waals surface area (Å²) >= 11 is 0. The smallest absolute Gasteiger partial charge is 0.0953 e. The van der Waals surface area contributed by atoms with E-state index in [1.807, 2.05) is 18.6 Å². The zero-order chi connectivity index (χ0) is 8.97. The molecule has 2 N–H and O–H groups in total. The van der Waals surface area contributed by atoms with Gasteiger partial charge in [-0.1, -0.05) is 6.08 Å². The normalized spacial score (nSPS) is 12.8. The van der Waals surface area contributed by atoms with Crippen molar-refractivity contribution >= 4 is 0 Å². The molecular formula is C9H15N3. The molecule has 12 heavy (non-hydrogen) atoms. The molecule has 0 radical (unpaired) electrons. The molecule has 1 aromatic rings. The fourth-order valence-electron chi connectivity index (χ4n) is 1.15. The zero-order valence-corrected chi connectivity index (χ0v) is 7.40. The summed E-state index contributed by atoms with van der Waals surface area (Å²) in [7, 11) is 0. The number of hydrogen-bond donors (Lipinski definition) is 1. The highest BCUT2D eigenvalue weighted by molar-refractivity contribution is 5.03. The third-order valence-electron chi connectivity index (χ3n) is 1.93. The molecule has 0 saturated heterocycles. The fraction of sp³-hybridized carbons (Fsp3) is 0.444. The molecule has 0 aliphatic carbocycles. The average Bonchev–Trinajstić information content (AvgIpc) is 2.52. The molecule has 1 atom stereocenters. The average molecular weight is 165 g/mol. The predicted octanol–water partition coefficient (Wildman–Crippen LogP) is 1.13. The van der Waals surface area contributed by atoms with Crippen molar-refractivity contribution in [2.75, 3.05) is 6.54 Å². The number of nitrogens with two attached hydrogens (primary N) is 1. The summed E-state index contributed by atoms with van der Waals surface area (Å²) < 4.78 is 2.08. The van der Waals surface area contributed by atoms with E-state index in [1.54, 1.807) is 0 Å². The van der Waals surface area contributed by atoms with Gasteiger partial charge < -0.3 is 10.3 Å². The van der Waals surface area contributed by atoms with E-state index in [4.69, 9.17) is 5.73 Å². The van der Waals surface area contributed by atoms with Crippen molar-refractivity contribution in [2.45, 2.75) is 19.4 Å². The van der Waals surface area contributed by atoms with Gasteiger partial charge in [-0.15, -0.1) is 6.58 Å². The third kappa shape index (κ3) is 1.74. The first-order valence-corrected chi connectivity index (χ1v) is 4.13. The Bertz CT molecular complexity index is 252. The van der Waals surface area contributed by atoms with Crippen LogP contribution in [0.1, 0.15) is 18.7 Å². The largest absolute Gasteiger partial charge is 0.330 e. The van der Waals surface area contributed by atoms with Crippen LogP contribution in [0.15, 0.2) is 25.2 Å². The lowest BCUT2D eigenvalue weighted by atomic mass is 10.2. The van der Waals surface area contributed by atoms with Crippen LogP contribution >= 0.6 is 0 Å². The van der Waals surface area contributed by atoms with Gasteiger partial charge in [0.15, 0.2) is 0 Å². The van der Waals surface area contributed by atoms with E-state index in [-0.39, 0.29) is 0 Å². The van der Waals surface area contributed by atoms with Crippen LogP contribution in [0.2, 0.25) is 0 Å². The van der Waals surface area contributed by atoms with Crippen molar-refractivity contribution < 1.29 is 0 Å². The Morgan fingerprint density at radius 3 is 3.17 bits per heavy atom. The monoisotopic (exact) mass is 165 g/mol. The molecule has 0 amide bonds. The lowest BCUT2D eigenvalue weighted by molar-refractivity contribution is 0.626. The third-order valence-corrected chi connectivity index (χ3v) is 1.93. The lowest BCUT2D eigenvalue weighted by Crippen LogP contribution is -2.10. The molecule has 0 aliphatic heterocycles. The van der Waals surface area contributed by atoms with Gasteiger partial charge in [-0.25, -0.2) is 4.98 Å². The molecule has 1 aromatic heterocycles. The second-order valence-electron chi connectivity index (χ2n) is 2.81. The van der Waals surface area contributed by atoms with Gasteiger partial charge in [0.05, 0.1) is 6.33 Å². The summed E-state index contributed by atoms with van der Waals surface area (Å²) in [6.45, 7) is 6.48. The highest BCUT2D eigenvalue weighted by atomic mass is 15.1. The van der Waals surface area contributed by atoms with Crippen LogP contribution in [-0.4, -0.2) is 16.1 Å². The second-order valence-corrected chi connectivity index (χ2v) is 2.81. The minimum Gasteiger partial charge on any atom is -0.330 e. The van der Waals surface area contributed by atoms with Gasteiger partial charge in [0.2, 0.25) is 0 Å². The Kier molecular flexibility index (Phi) is 3.05. The van der Waals surface area contributed by atoms with Crippen LogP contribution < -0.4 is 5.73 Å². The van der Waals surface area contributed by atoms with Crippen LogP contribution in [0, 0.1) is 0 Å². The van der Waals surface area contributed by atoms with Gasteiger partial charge in [0.1, 0.15) is 0 Å². The van der Waals surface area contributed by atoms with Crippen LogP contribution in [0.3, 0.4) is 0 Å². The van der Waals surface area contributed by atoms with E-state index >= 15 is 0 Å². The molecule has 66 valence electrons. The van der Waals surface area contributed by atoms with Crippen molar-refractivity contribution in [3.05, 3.63) is 30.9 Å². The van der Waals surface area contributed by atoms with Crippen LogP contribution in [0.4, 0.5) is 0 Å². The number of nitrogens with zero attached hydrogens (tertiary/aromatic N) is 2. The lowest BCUT2D eigenvalue weighted by Gasteiger charge is -2.11. The maximum Gasteiger partial charge on any atom is 0.0953 e. The SMILES string of the molecule is C=CC(C)n1cncc1CCN. The number of rotatable bonds is 4. The van der Waals surface area contributed by atoms with E-state index in [0.29, 0.717) is 12.6 Å². The Hall–Kier alpha value is -1.09. The first-order valence-electron chi connectivity index (χ1n) is 4.13. The molecular weight excluding hydrogens is 150 g/mol. The fourth-order valence-corrected chi connectivity index (χ4v) is 1.15. The summed E-state index contributed by atoms with van der Waals surface area (Å²) in [4.78, 5) is 4.07. The molecule has 1 heterocycles. The molecule has 0 aromatic carbocycles. The Balaban J connectivity index is 2.82. The molecule has 0 aliphatic rings. The number of hydrogen-bond acceptors (Lipinski definition) is 2. The van der Waals surface area contributed by atoms with Crippen LogP contribution in [-0.2, 0) is 6.42 Å². The zero-order valence-electron chi connectivity index (χ0n) is 7.40. The Morgan fingerprint density at radius 2 is 2.58 bits per heavy atom. The summed E-state index contributed by atoms with van der Waals surface area (Å²) in [6, 6.07) is 0.300. The summed E-state index contributed by atoms with van der Waals surface area (Å²) in [5.41, 5.74) is 6.63. The molecule has 0 saturated carbocycles. The van der Waals surface area contributed by atoms with E-state index < -0.39 is 0 Å². The van der Waals surface area contributed by atoms with Crippen molar-refractivity contribution in [3.63, 3.8) is 0 Å². The van der Waals surface area contributed by atoms with Crippen molar-refractivity contribution in [2.24, 2.45) is 5.73 Å². The molecule has 0 spiro atoms. The van der Waals surface area contributed by atoms with E-state index in [2.05, 4.69) is 23.1 Å². The van der Waals surface area contributed by atoms with Crippen LogP contribution in [0.5, 0.6) is 0 Å². The maximum atomic E-state index is 5.46. The topological polar surface area (TPSA) is 43.8 Å². The molecule has 0 bridgehead atoms. The Labute approximate surface area is 72.9 Å².